The number of hydrogen-bond donors (Lipinski definition) is 2. The Labute approximate surface area is 195 Å². The van der Waals surface area contributed by atoms with Crippen molar-refractivity contribution in [3.63, 3.8) is 0 Å². The topological polar surface area (TPSA) is 95.6 Å². The van der Waals surface area contributed by atoms with Gasteiger partial charge in [0, 0.05) is 43.1 Å². The molecule has 0 aromatic heterocycles. The normalized spacial score (nSPS) is 14.4. The lowest BCUT2D eigenvalue weighted by Gasteiger charge is -2.39. The minimum atomic E-state index is -4.40. The van der Waals surface area contributed by atoms with Crippen molar-refractivity contribution in [3.8, 4) is 0 Å². The van der Waals surface area contributed by atoms with Crippen molar-refractivity contribution in [2.45, 2.75) is 19.1 Å². The SMILES string of the molecule is C=CS(=O)(=O)NCC1CN(C(=O)c2ccc(CC(=O)NCc3ccc(C(F)(F)F)cc3)cc2)C1. The summed E-state index contributed by atoms with van der Waals surface area (Å²) in [6.45, 7) is 4.43. The molecular weight excluding hydrogens is 471 g/mol. The van der Waals surface area contributed by atoms with Crippen LogP contribution in [0, 0.1) is 5.92 Å². The Morgan fingerprint density at radius 3 is 2.18 bits per heavy atom. The van der Waals surface area contributed by atoms with Crippen LogP contribution in [-0.2, 0) is 34.0 Å². The molecule has 182 valence electrons. The predicted octanol–water partition coefficient (Wildman–Crippen LogP) is 2.70. The number of rotatable bonds is 9. The number of hydrogen-bond acceptors (Lipinski definition) is 4. The average molecular weight is 496 g/mol. The second-order valence-electron chi connectivity index (χ2n) is 7.98. The van der Waals surface area contributed by atoms with Gasteiger partial charge in [-0.3, -0.25) is 9.59 Å². The Morgan fingerprint density at radius 1 is 1.03 bits per heavy atom. The van der Waals surface area contributed by atoms with Crippen molar-refractivity contribution in [1.82, 2.24) is 14.9 Å². The van der Waals surface area contributed by atoms with Gasteiger partial charge in [0.15, 0.2) is 0 Å². The van der Waals surface area contributed by atoms with Crippen molar-refractivity contribution in [1.29, 1.82) is 0 Å². The van der Waals surface area contributed by atoms with Crippen LogP contribution in [-0.4, -0.2) is 44.8 Å². The summed E-state index contributed by atoms with van der Waals surface area (Å²) < 4.78 is 62.9. The first kappa shape index (κ1) is 25.4. The number of sulfonamides is 1. The molecule has 2 aromatic carbocycles. The number of carbonyl (C=O) groups excluding carboxylic acids is 2. The standard InChI is InChI=1S/C23H24F3N3O4S/c1-2-34(32,33)28-13-18-14-29(15-18)22(31)19-7-3-16(4-8-19)11-21(30)27-12-17-5-9-20(10-6-17)23(24,25)26/h2-10,18,28H,1,11-15H2,(H,27,30). The van der Waals surface area contributed by atoms with Crippen LogP contribution in [0.2, 0.25) is 0 Å². The second-order valence-corrected chi connectivity index (χ2v) is 9.69. The molecule has 1 fully saturated rings. The van der Waals surface area contributed by atoms with Gasteiger partial charge in [-0.25, -0.2) is 13.1 Å². The van der Waals surface area contributed by atoms with Crippen molar-refractivity contribution in [3.05, 3.63) is 82.8 Å². The third-order valence-corrected chi connectivity index (χ3v) is 6.38. The van der Waals surface area contributed by atoms with Crippen molar-refractivity contribution >= 4 is 21.8 Å². The van der Waals surface area contributed by atoms with E-state index in [1.807, 2.05) is 0 Å². The smallest absolute Gasteiger partial charge is 0.352 e. The van der Waals surface area contributed by atoms with Crippen LogP contribution in [0.25, 0.3) is 0 Å². The zero-order valence-electron chi connectivity index (χ0n) is 18.1. The minimum Gasteiger partial charge on any atom is -0.352 e. The number of benzene rings is 2. The van der Waals surface area contributed by atoms with Gasteiger partial charge >= 0.3 is 6.18 Å². The Balaban J connectivity index is 1.43. The summed E-state index contributed by atoms with van der Waals surface area (Å²) in [5.41, 5.74) is 0.941. The molecule has 1 saturated heterocycles. The fourth-order valence-electron chi connectivity index (χ4n) is 3.37. The predicted molar refractivity (Wildman–Crippen MR) is 120 cm³/mol. The molecule has 0 aliphatic carbocycles. The van der Waals surface area contributed by atoms with E-state index < -0.39 is 21.8 Å². The first-order valence-corrected chi connectivity index (χ1v) is 11.9. The molecular formula is C23H24F3N3O4S. The quantitative estimate of drug-likeness (QED) is 0.559. The van der Waals surface area contributed by atoms with Crippen LogP contribution in [0.1, 0.15) is 27.0 Å². The van der Waals surface area contributed by atoms with Crippen LogP contribution in [0.5, 0.6) is 0 Å². The lowest BCUT2D eigenvalue weighted by atomic mass is 9.98. The molecule has 0 spiro atoms. The number of likely N-dealkylation sites (tertiary alicyclic amines) is 1. The average Bonchev–Trinajstić information content (AvgIpc) is 2.76. The Hall–Kier alpha value is -3.18. The maximum absolute atomic E-state index is 12.6. The van der Waals surface area contributed by atoms with E-state index in [0.29, 0.717) is 29.8 Å². The molecule has 0 unspecified atom stereocenters. The summed E-state index contributed by atoms with van der Waals surface area (Å²) in [4.78, 5) is 26.3. The van der Waals surface area contributed by atoms with Crippen LogP contribution in [0.15, 0.2) is 60.5 Å². The molecule has 2 N–H and O–H groups in total. The van der Waals surface area contributed by atoms with Crippen LogP contribution >= 0.6 is 0 Å². The van der Waals surface area contributed by atoms with Crippen molar-refractivity contribution in [2.24, 2.45) is 5.92 Å². The zero-order chi connectivity index (χ0) is 24.9. The molecule has 0 atom stereocenters. The number of halogens is 3. The monoisotopic (exact) mass is 495 g/mol. The molecule has 7 nitrogen and oxygen atoms in total. The first-order valence-electron chi connectivity index (χ1n) is 10.4. The highest BCUT2D eigenvalue weighted by molar-refractivity contribution is 7.92. The van der Waals surface area contributed by atoms with Gasteiger partial charge in [-0.05, 0) is 35.4 Å². The van der Waals surface area contributed by atoms with E-state index in [9.17, 15) is 31.2 Å². The highest BCUT2D eigenvalue weighted by Gasteiger charge is 2.32. The fourth-order valence-corrected chi connectivity index (χ4v) is 3.95. The van der Waals surface area contributed by atoms with Gasteiger partial charge in [0.2, 0.25) is 15.9 Å². The summed E-state index contributed by atoms with van der Waals surface area (Å²) in [7, 11) is -3.49. The van der Waals surface area contributed by atoms with E-state index in [1.165, 1.54) is 12.1 Å². The van der Waals surface area contributed by atoms with Gasteiger partial charge in [-0.2, -0.15) is 13.2 Å². The first-order chi connectivity index (χ1) is 16.0. The molecule has 34 heavy (non-hydrogen) atoms. The largest absolute Gasteiger partial charge is 0.416 e. The highest BCUT2D eigenvalue weighted by Crippen LogP contribution is 2.29. The van der Waals surface area contributed by atoms with E-state index in [2.05, 4.69) is 16.6 Å². The molecule has 0 saturated carbocycles. The van der Waals surface area contributed by atoms with E-state index in [4.69, 9.17) is 0 Å². The van der Waals surface area contributed by atoms with E-state index in [-0.39, 0.29) is 37.2 Å². The maximum Gasteiger partial charge on any atom is 0.416 e. The van der Waals surface area contributed by atoms with Crippen LogP contribution in [0.3, 0.4) is 0 Å². The summed E-state index contributed by atoms with van der Waals surface area (Å²) in [6, 6.07) is 11.1. The molecule has 1 aliphatic heterocycles. The summed E-state index contributed by atoms with van der Waals surface area (Å²) in [6.07, 6.45) is -4.34. The number of amides is 2. The molecule has 3 rings (SSSR count). The molecule has 1 heterocycles. The summed E-state index contributed by atoms with van der Waals surface area (Å²) in [5.74, 6) is -0.445. The van der Waals surface area contributed by atoms with Gasteiger partial charge in [0.1, 0.15) is 0 Å². The molecule has 0 bridgehead atoms. The Morgan fingerprint density at radius 2 is 1.62 bits per heavy atom. The molecule has 2 aromatic rings. The van der Waals surface area contributed by atoms with Gasteiger partial charge in [0.05, 0.1) is 12.0 Å². The molecule has 2 amide bonds. The van der Waals surface area contributed by atoms with Gasteiger partial charge in [-0.1, -0.05) is 30.8 Å². The number of nitrogens with zero attached hydrogens (tertiary/aromatic N) is 1. The Kier molecular flexibility index (Phi) is 7.78. The lowest BCUT2D eigenvalue weighted by Crippen LogP contribution is -2.53. The molecule has 11 heteroatoms. The summed E-state index contributed by atoms with van der Waals surface area (Å²) in [5, 5.41) is 3.50. The summed E-state index contributed by atoms with van der Waals surface area (Å²) >= 11 is 0. The van der Waals surface area contributed by atoms with Crippen LogP contribution in [0.4, 0.5) is 13.2 Å². The fraction of sp³-hybridized carbons (Fsp3) is 0.304. The van der Waals surface area contributed by atoms with Gasteiger partial charge < -0.3 is 10.2 Å². The Bertz CT molecular complexity index is 1140. The van der Waals surface area contributed by atoms with Gasteiger partial charge in [-0.15, -0.1) is 0 Å². The number of nitrogens with one attached hydrogen (secondary N) is 2. The molecule has 1 aliphatic rings. The van der Waals surface area contributed by atoms with Gasteiger partial charge in [0.25, 0.3) is 5.91 Å². The highest BCUT2D eigenvalue weighted by atomic mass is 32.2. The zero-order valence-corrected chi connectivity index (χ0v) is 19.0. The third-order valence-electron chi connectivity index (χ3n) is 5.37. The lowest BCUT2D eigenvalue weighted by molar-refractivity contribution is -0.137. The van der Waals surface area contributed by atoms with E-state index >= 15 is 0 Å². The molecule has 0 radical (unpaired) electrons. The second kappa shape index (κ2) is 10.4. The number of alkyl halides is 3. The van der Waals surface area contributed by atoms with E-state index in [0.717, 1.165) is 17.5 Å². The number of carbonyl (C=O) groups is 2. The van der Waals surface area contributed by atoms with Crippen molar-refractivity contribution < 1.29 is 31.2 Å². The third kappa shape index (κ3) is 6.91. The van der Waals surface area contributed by atoms with E-state index in [1.54, 1.807) is 29.2 Å². The van der Waals surface area contributed by atoms with Crippen LogP contribution < -0.4 is 10.0 Å². The maximum atomic E-state index is 12.6. The minimum absolute atomic E-state index is 0.0336. The van der Waals surface area contributed by atoms with Crippen molar-refractivity contribution in [2.75, 3.05) is 19.6 Å².